The molecule has 0 atom stereocenters. The molecular formula is C17H18N2O. The summed E-state index contributed by atoms with van der Waals surface area (Å²) in [7, 11) is 0. The third kappa shape index (κ3) is 3.16. The number of rotatable bonds is 3. The van der Waals surface area contributed by atoms with Crippen LogP contribution in [0.2, 0.25) is 0 Å². The third-order valence-corrected chi connectivity index (χ3v) is 3.14. The highest BCUT2D eigenvalue weighted by atomic mass is 16.5. The fourth-order valence-electron chi connectivity index (χ4n) is 2.24. The van der Waals surface area contributed by atoms with Gasteiger partial charge in [-0.05, 0) is 49.1 Å². The largest absolute Gasteiger partial charge is 0.439 e. The first-order valence-corrected chi connectivity index (χ1v) is 6.67. The Bertz CT molecular complexity index is 669. The Labute approximate surface area is 119 Å². The van der Waals surface area contributed by atoms with Crippen molar-refractivity contribution in [3.8, 4) is 17.7 Å². The van der Waals surface area contributed by atoms with Crippen molar-refractivity contribution >= 4 is 0 Å². The molecule has 1 heterocycles. The van der Waals surface area contributed by atoms with E-state index in [0.717, 1.165) is 11.4 Å². The van der Waals surface area contributed by atoms with Crippen molar-refractivity contribution < 1.29 is 4.74 Å². The second kappa shape index (κ2) is 5.75. The fraction of sp³-hybridized carbons (Fsp3) is 0.294. The fourth-order valence-corrected chi connectivity index (χ4v) is 2.24. The molecule has 3 heteroatoms. The van der Waals surface area contributed by atoms with E-state index in [1.165, 1.54) is 11.1 Å². The lowest BCUT2D eigenvalue weighted by molar-refractivity contribution is 0.461. The Kier molecular flexibility index (Phi) is 4.05. The summed E-state index contributed by atoms with van der Waals surface area (Å²) in [6.45, 7) is 8.27. The zero-order chi connectivity index (χ0) is 14.7. The second-order valence-electron chi connectivity index (χ2n) is 5.22. The SMILES string of the molecule is Cc1cc(C#N)cc(Oc2ccc(C(C)C)c(C)c2)n1. The van der Waals surface area contributed by atoms with E-state index in [2.05, 4.69) is 37.9 Å². The number of pyridine rings is 1. The highest BCUT2D eigenvalue weighted by Gasteiger charge is 2.07. The smallest absolute Gasteiger partial charge is 0.220 e. The first kappa shape index (κ1) is 14.1. The molecule has 102 valence electrons. The maximum absolute atomic E-state index is 8.96. The summed E-state index contributed by atoms with van der Waals surface area (Å²) < 4.78 is 5.76. The molecule has 0 N–H and O–H groups in total. The van der Waals surface area contributed by atoms with E-state index in [9.17, 15) is 0 Å². The molecule has 0 saturated heterocycles. The molecule has 1 aromatic heterocycles. The number of benzene rings is 1. The molecule has 0 aliphatic rings. The van der Waals surface area contributed by atoms with Crippen LogP contribution in [-0.2, 0) is 0 Å². The van der Waals surface area contributed by atoms with E-state index >= 15 is 0 Å². The van der Waals surface area contributed by atoms with E-state index in [0.29, 0.717) is 17.4 Å². The van der Waals surface area contributed by atoms with Gasteiger partial charge in [-0.25, -0.2) is 4.98 Å². The molecule has 1 aromatic carbocycles. The van der Waals surface area contributed by atoms with Gasteiger partial charge in [-0.2, -0.15) is 5.26 Å². The lowest BCUT2D eigenvalue weighted by Gasteiger charge is -2.12. The maximum atomic E-state index is 8.96. The number of hydrogen-bond donors (Lipinski definition) is 0. The van der Waals surface area contributed by atoms with Crippen LogP contribution >= 0.6 is 0 Å². The molecule has 0 amide bonds. The van der Waals surface area contributed by atoms with Gasteiger partial charge in [-0.1, -0.05) is 19.9 Å². The van der Waals surface area contributed by atoms with Crippen LogP contribution in [0.3, 0.4) is 0 Å². The summed E-state index contributed by atoms with van der Waals surface area (Å²) >= 11 is 0. The monoisotopic (exact) mass is 266 g/mol. The van der Waals surface area contributed by atoms with Gasteiger partial charge in [0.15, 0.2) is 0 Å². The molecule has 0 aliphatic carbocycles. The van der Waals surface area contributed by atoms with Crippen LogP contribution in [0.25, 0.3) is 0 Å². The Morgan fingerprint density at radius 3 is 2.50 bits per heavy atom. The van der Waals surface area contributed by atoms with Crippen molar-refractivity contribution in [2.75, 3.05) is 0 Å². The van der Waals surface area contributed by atoms with Crippen LogP contribution in [0.15, 0.2) is 30.3 Å². The number of aryl methyl sites for hydroxylation is 2. The van der Waals surface area contributed by atoms with Gasteiger partial charge in [0.05, 0.1) is 11.6 Å². The molecular weight excluding hydrogens is 248 g/mol. The van der Waals surface area contributed by atoms with Crippen molar-refractivity contribution in [1.82, 2.24) is 4.98 Å². The summed E-state index contributed by atoms with van der Waals surface area (Å²) in [6, 6.07) is 11.5. The minimum Gasteiger partial charge on any atom is -0.439 e. The molecule has 0 fully saturated rings. The topological polar surface area (TPSA) is 45.9 Å². The standard InChI is InChI=1S/C17H18N2O/c1-11(2)16-6-5-15(7-12(16)3)20-17-9-14(10-18)8-13(4)19-17/h5-9,11H,1-4H3. The van der Waals surface area contributed by atoms with Gasteiger partial charge in [-0.3, -0.25) is 0 Å². The van der Waals surface area contributed by atoms with Gasteiger partial charge in [0.25, 0.3) is 0 Å². The maximum Gasteiger partial charge on any atom is 0.220 e. The zero-order valence-electron chi connectivity index (χ0n) is 12.3. The van der Waals surface area contributed by atoms with E-state index in [1.807, 2.05) is 19.1 Å². The van der Waals surface area contributed by atoms with Crippen LogP contribution in [0, 0.1) is 25.2 Å². The predicted octanol–water partition coefficient (Wildman–Crippen LogP) is 4.49. The number of ether oxygens (including phenoxy) is 1. The van der Waals surface area contributed by atoms with Gasteiger partial charge in [0, 0.05) is 11.8 Å². The number of hydrogen-bond acceptors (Lipinski definition) is 3. The lowest BCUT2D eigenvalue weighted by atomic mass is 9.98. The summed E-state index contributed by atoms with van der Waals surface area (Å²) in [4.78, 5) is 4.29. The summed E-state index contributed by atoms with van der Waals surface area (Å²) in [5.74, 6) is 1.69. The summed E-state index contributed by atoms with van der Waals surface area (Å²) in [5, 5.41) is 8.96. The van der Waals surface area contributed by atoms with Crippen LogP contribution < -0.4 is 4.74 Å². The first-order chi connectivity index (χ1) is 9.49. The Hall–Kier alpha value is -2.34. The number of aromatic nitrogens is 1. The molecule has 3 nitrogen and oxygen atoms in total. The minimum absolute atomic E-state index is 0.457. The molecule has 0 aliphatic heterocycles. The molecule has 0 saturated carbocycles. The van der Waals surface area contributed by atoms with E-state index in [-0.39, 0.29) is 0 Å². The molecule has 0 radical (unpaired) electrons. The average Bonchev–Trinajstić information content (AvgIpc) is 2.37. The number of nitrogens with zero attached hydrogens (tertiary/aromatic N) is 2. The Morgan fingerprint density at radius 2 is 1.90 bits per heavy atom. The molecule has 0 bridgehead atoms. The third-order valence-electron chi connectivity index (χ3n) is 3.14. The van der Waals surface area contributed by atoms with Crippen molar-refractivity contribution in [3.63, 3.8) is 0 Å². The molecule has 0 unspecified atom stereocenters. The quantitative estimate of drug-likeness (QED) is 0.822. The van der Waals surface area contributed by atoms with Gasteiger partial charge in [0.2, 0.25) is 5.88 Å². The first-order valence-electron chi connectivity index (χ1n) is 6.67. The van der Waals surface area contributed by atoms with Crippen LogP contribution in [0.4, 0.5) is 0 Å². The highest BCUT2D eigenvalue weighted by molar-refractivity contribution is 5.40. The van der Waals surface area contributed by atoms with E-state index in [1.54, 1.807) is 12.1 Å². The molecule has 20 heavy (non-hydrogen) atoms. The minimum atomic E-state index is 0.457. The van der Waals surface area contributed by atoms with Crippen LogP contribution in [-0.4, -0.2) is 4.98 Å². The van der Waals surface area contributed by atoms with E-state index < -0.39 is 0 Å². The van der Waals surface area contributed by atoms with Crippen molar-refractivity contribution in [2.45, 2.75) is 33.6 Å². The van der Waals surface area contributed by atoms with E-state index in [4.69, 9.17) is 10.00 Å². The summed E-state index contributed by atoms with van der Waals surface area (Å²) in [6.07, 6.45) is 0. The lowest BCUT2D eigenvalue weighted by Crippen LogP contribution is -1.95. The molecule has 2 rings (SSSR count). The molecule has 2 aromatic rings. The Morgan fingerprint density at radius 1 is 1.15 bits per heavy atom. The Balaban J connectivity index is 2.29. The van der Waals surface area contributed by atoms with Gasteiger partial charge >= 0.3 is 0 Å². The van der Waals surface area contributed by atoms with Crippen LogP contribution in [0.1, 0.15) is 42.1 Å². The molecule has 0 spiro atoms. The normalized spacial score (nSPS) is 10.4. The van der Waals surface area contributed by atoms with Crippen LogP contribution in [0.5, 0.6) is 11.6 Å². The zero-order valence-corrected chi connectivity index (χ0v) is 12.3. The van der Waals surface area contributed by atoms with Gasteiger partial charge in [-0.15, -0.1) is 0 Å². The average molecular weight is 266 g/mol. The van der Waals surface area contributed by atoms with Crippen molar-refractivity contribution in [3.05, 3.63) is 52.7 Å². The summed E-state index contributed by atoms with van der Waals surface area (Å²) in [5.41, 5.74) is 3.84. The van der Waals surface area contributed by atoms with Crippen molar-refractivity contribution in [1.29, 1.82) is 5.26 Å². The second-order valence-corrected chi connectivity index (χ2v) is 5.22. The van der Waals surface area contributed by atoms with Gasteiger partial charge in [0.1, 0.15) is 5.75 Å². The van der Waals surface area contributed by atoms with Gasteiger partial charge < -0.3 is 4.74 Å². The highest BCUT2D eigenvalue weighted by Crippen LogP contribution is 2.26. The van der Waals surface area contributed by atoms with Crippen molar-refractivity contribution in [2.24, 2.45) is 0 Å². The predicted molar refractivity (Wildman–Crippen MR) is 79.0 cm³/mol. The number of nitriles is 1.